The van der Waals surface area contributed by atoms with Gasteiger partial charge in [0.1, 0.15) is 11.4 Å². The lowest BCUT2D eigenvalue weighted by molar-refractivity contribution is -0.122. The Morgan fingerprint density at radius 2 is 2.03 bits per heavy atom. The fourth-order valence-electron chi connectivity index (χ4n) is 3.31. The fourth-order valence-corrected chi connectivity index (χ4v) is 5.04. The zero-order chi connectivity index (χ0) is 23.4. The molecule has 2 amide bonds. The molecule has 0 saturated carbocycles. The standard InChI is InChI=1S/C24H24N4O3S2/c1-3-15(2)22(30)27-17-7-4-6-16(10-17)11-25-20(29)12-28-14-26-23-21(24(28)31)18(13-33-23)19-8-5-9-32-19/h4-10,13-15H,3,11-12H2,1-2H3,(H,25,29)(H,27,30). The molecule has 1 aromatic carbocycles. The van der Waals surface area contributed by atoms with E-state index in [0.29, 0.717) is 15.9 Å². The van der Waals surface area contributed by atoms with Gasteiger partial charge in [-0.25, -0.2) is 4.98 Å². The molecule has 4 aromatic rings. The van der Waals surface area contributed by atoms with Crippen molar-refractivity contribution in [2.45, 2.75) is 33.4 Å². The maximum Gasteiger partial charge on any atom is 0.263 e. The molecule has 0 aliphatic rings. The quantitative estimate of drug-likeness (QED) is 0.389. The highest BCUT2D eigenvalue weighted by atomic mass is 32.1. The number of rotatable bonds is 8. The van der Waals surface area contributed by atoms with E-state index in [1.54, 1.807) is 11.3 Å². The number of fused-ring (bicyclic) bond motifs is 1. The Morgan fingerprint density at radius 3 is 2.79 bits per heavy atom. The molecule has 0 bridgehead atoms. The van der Waals surface area contributed by atoms with Gasteiger partial charge in [0.25, 0.3) is 5.56 Å². The van der Waals surface area contributed by atoms with Gasteiger partial charge in [0.05, 0.1) is 11.7 Å². The Bertz CT molecular complexity index is 1340. The van der Waals surface area contributed by atoms with E-state index in [0.717, 1.165) is 22.4 Å². The smallest absolute Gasteiger partial charge is 0.263 e. The summed E-state index contributed by atoms with van der Waals surface area (Å²) in [6, 6.07) is 11.3. The van der Waals surface area contributed by atoms with Crippen LogP contribution in [0.25, 0.3) is 20.7 Å². The lowest BCUT2D eigenvalue weighted by Gasteiger charge is -2.12. The van der Waals surface area contributed by atoms with Gasteiger partial charge in [-0.15, -0.1) is 22.7 Å². The van der Waals surface area contributed by atoms with E-state index < -0.39 is 0 Å². The molecule has 2 N–H and O–H groups in total. The average molecular weight is 481 g/mol. The van der Waals surface area contributed by atoms with Crippen LogP contribution in [0.3, 0.4) is 0 Å². The van der Waals surface area contributed by atoms with Crippen molar-refractivity contribution >= 4 is 50.4 Å². The molecule has 33 heavy (non-hydrogen) atoms. The van der Waals surface area contributed by atoms with Gasteiger partial charge in [0.15, 0.2) is 0 Å². The van der Waals surface area contributed by atoms with Crippen LogP contribution in [0.1, 0.15) is 25.8 Å². The van der Waals surface area contributed by atoms with Crippen LogP contribution in [0.2, 0.25) is 0 Å². The minimum atomic E-state index is -0.291. The predicted molar refractivity (Wildman–Crippen MR) is 134 cm³/mol. The molecule has 0 saturated heterocycles. The largest absolute Gasteiger partial charge is 0.350 e. The molecule has 170 valence electrons. The van der Waals surface area contributed by atoms with E-state index in [1.165, 1.54) is 22.2 Å². The lowest BCUT2D eigenvalue weighted by atomic mass is 10.1. The molecule has 0 fully saturated rings. The summed E-state index contributed by atoms with van der Waals surface area (Å²) in [6.45, 7) is 4.02. The zero-order valence-electron chi connectivity index (χ0n) is 18.3. The Balaban J connectivity index is 1.43. The number of hydrogen-bond donors (Lipinski definition) is 2. The van der Waals surface area contributed by atoms with Crippen LogP contribution in [-0.2, 0) is 22.7 Å². The molecular formula is C24H24N4O3S2. The Hall–Kier alpha value is -3.30. The van der Waals surface area contributed by atoms with E-state index in [2.05, 4.69) is 15.6 Å². The van der Waals surface area contributed by atoms with Crippen LogP contribution >= 0.6 is 22.7 Å². The van der Waals surface area contributed by atoms with Crippen molar-refractivity contribution in [3.05, 3.63) is 69.4 Å². The summed E-state index contributed by atoms with van der Waals surface area (Å²) in [4.78, 5) is 43.8. The highest BCUT2D eigenvalue weighted by molar-refractivity contribution is 7.18. The first-order valence-corrected chi connectivity index (χ1v) is 12.4. The summed E-state index contributed by atoms with van der Waals surface area (Å²) in [7, 11) is 0. The Morgan fingerprint density at radius 1 is 1.18 bits per heavy atom. The molecule has 1 unspecified atom stereocenters. The van der Waals surface area contributed by atoms with Crippen LogP contribution in [0.15, 0.2) is 58.3 Å². The number of nitrogens with one attached hydrogen (secondary N) is 2. The molecule has 0 radical (unpaired) electrons. The van der Waals surface area contributed by atoms with Gasteiger partial charge < -0.3 is 10.6 Å². The monoisotopic (exact) mass is 480 g/mol. The molecule has 3 aromatic heterocycles. The van der Waals surface area contributed by atoms with Crippen molar-refractivity contribution < 1.29 is 9.59 Å². The zero-order valence-corrected chi connectivity index (χ0v) is 20.0. The van der Waals surface area contributed by atoms with Gasteiger partial charge in [-0.1, -0.05) is 32.0 Å². The second kappa shape index (κ2) is 10.1. The number of thiophene rings is 2. The van der Waals surface area contributed by atoms with Gasteiger partial charge in [-0.3, -0.25) is 19.0 Å². The van der Waals surface area contributed by atoms with Crippen molar-refractivity contribution in [3.8, 4) is 10.4 Å². The number of carbonyl (C=O) groups is 2. The maximum absolute atomic E-state index is 13.1. The number of aromatic nitrogens is 2. The van der Waals surface area contributed by atoms with E-state index in [9.17, 15) is 14.4 Å². The van der Waals surface area contributed by atoms with Crippen molar-refractivity contribution in [2.75, 3.05) is 5.32 Å². The van der Waals surface area contributed by atoms with Gasteiger partial charge in [-0.05, 0) is 35.6 Å². The van der Waals surface area contributed by atoms with Crippen molar-refractivity contribution in [1.82, 2.24) is 14.9 Å². The van der Waals surface area contributed by atoms with Crippen molar-refractivity contribution in [1.29, 1.82) is 0 Å². The third-order valence-electron chi connectivity index (χ3n) is 5.41. The number of anilines is 1. The molecule has 4 rings (SSSR count). The summed E-state index contributed by atoms with van der Waals surface area (Å²) in [5.41, 5.74) is 2.17. The molecule has 3 heterocycles. The normalized spacial score (nSPS) is 11.9. The van der Waals surface area contributed by atoms with E-state index in [-0.39, 0.29) is 36.4 Å². The van der Waals surface area contributed by atoms with Crippen molar-refractivity contribution in [3.63, 3.8) is 0 Å². The Kier molecular flexibility index (Phi) is 7.00. The van der Waals surface area contributed by atoms with Crippen LogP contribution < -0.4 is 16.2 Å². The van der Waals surface area contributed by atoms with E-state index in [1.807, 2.05) is 61.0 Å². The third kappa shape index (κ3) is 5.20. The third-order valence-corrected chi connectivity index (χ3v) is 7.19. The first-order chi connectivity index (χ1) is 16.0. The lowest BCUT2D eigenvalue weighted by Crippen LogP contribution is -2.32. The summed E-state index contributed by atoms with van der Waals surface area (Å²) in [5, 5.41) is 10.2. The number of benzene rings is 1. The van der Waals surface area contributed by atoms with Gasteiger partial charge in [0.2, 0.25) is 11.8 Å². The topological polar surface area (TPSA) is 93.1 Å². The molecule has 1 atom stereocenters. The molecule has 0 aliphatic carbocycles. The number of amides is 2. The van der Waals surface area contributed by atoms with Crippen LogP contribution in [0.5, 0.6) is 0 Å². The Labute approximate surface area is 199 Å². The first-order valence-electron chi connectivity index (χ1n) is 10.6. The van der Waals surface area contributed by atoms with Gasteiger partial charge in [-0.2, -0.15) is 0 Å². The first kappa shape index (κ1) is 22.9. The fraction of sp³-hybridized carbons (Fsp3) is 0.250. The predicted octanol–water partition coefficient (Wildman–Crippen LogP) is 4.49. The highest BCUT2D eigenvalue weighted by Crippen LogP contribution is 2.33. The summed E-state index contributed by atoms with van der Waals surface area (Å²) >= 11 is 2.98. The molecular weight excluding hydrogens is 456 g/mol. The van der Waals surface area contributed by atoms with E-state index >= 15 is 0 Å². The minimum absolute atomic E-state index is 0.0312. The van der Waals surface area contributed by atoms with Crippen LogP contribution in [0, 0.1) is 5.92 Å². The van der Waals surface area contributed by atoms with Crippen molar-refractivity contribution in [2.24, 2.45) is 5.92 Å². The number of nitrogens with zero attached hydrogens (tertiary/aromatic N) is 2. The number of carbonyl (C=O) groups excluding carboxylic acids is 2. The highest BCUT2D eigenvalue weighted by Gasteiger charge is 2.15. The molecule has 9 heteroatoms. The summed E-state index contributed by atoms with van der Waals surface area (Å²) in [5.74, 6) is -0.391. The molecule has 0 spiro atoms. The maximum atomic E-state index is 13.1. The number of hydrogen-bond acceptors (Lipinski definition) is 6. The second-order valence-electron chi connectivity index (χ2n) is 7.76. The van der Waals surface area contributed by atoms with Gasteiger partial charge in [0, 0.05) is 34.0 Å². The average Bonchev–Trinajstić information content (AvgIpc) is 3.49. The second-order valence-corrected chi connectivity index (χ2v) is 9.57. The summed E-state index contributed by atoms with van der Waals surface area (Å²) < 4.78 is 1.34. The minimum Gasteiger partial charge on any atom is -0.350 e. The molecule has 7 nitrogen and oxygen atoms in total. The molecule has 0 aliphatic heterocycles. The van der Waals surface area contributed by atoms with E-state index in [4.69, 9.17) is 0 Å². The van der Waals surface area contributed by atoms with Crippen LogP contribution in [0.4, 0.5) is 5.69 Å². The van der Waals surface area contributed by atoms with Crippen LogP contribution in [-0.4, -0.2) is 21.4 Å². The SMILES string of the molecule is CCC(C)C(=O)Nc1cccc(CNC(=O)Cn2cnc3scc(-c4cccs4)c3c2=O)c1. The summed E-state index contributed by atoms with van der Waals surface area (Å²) in [6.07, 6.45) is 2.19. The van der Waals surface area contributed by atoms with Gasteiger partial charge >= 0.3 is 0 Å².